The molecule has 3 nitrogen and oxygen atoms in total. The molecule has 1 aromatic heterocycles. The number of hydrogen-bond acceptors (Lipinski definition) is 3. The summed E-state index contributed by atoms with van der Waals surface area (Å²) in [4.78, 5) is 0. The van der Waals surface area contributed by atoms with Gasteiger partial charge < -0.3 is 5.32 Å². The lowest BCUT2D eigenvalue weighted by molar-refractivity contribution is 0.507. The highest BCUT2D eigenvalue weighted by Gasteiger charge is 2.15. The van der Waals surface area contributed by atoms with Crippen molar-refractivity contribution in [3.63, 3.8) is 0 Å². The maximum absolute atomic E-state index is 4.36. The molecule has 0 aliphatic rings. The van der Waals surface area contributed by atoms with Crippen molar-refractivity contribution in [1.29, 1.82) is 0 Å². The molecule has 1 atom stereocenters. The van der Waals surface area contributed by atoms with E-state index in [-0.39, 0.29) is 0 Å². The van der Waals surface area contributed by atoms with Gasteiger partial charge in [-0.3, -0.25) is 0 Å². The van der Waals surface area contributed by atoms with Crippen molar-refractivity contribution in [2.24, 2.45) is 0 Å². The lowest BCUT2D eigenvalue weighted by Gasteiger charge is -2.20. The Hall–Kier alpha value is -1.74. The smallest absolute Gasteiger partial charge is 0.0676 e. The van der Waals surface area contributed by atoms with Gasteiger partial charge in [-0.15, -0.1) is 0 Å². The van der Waals surface area contributed by atoms with Gasteiger partial charge in [0.25, 0.3) is 0 Å². The van der Waals surface area contributed by atoms with Gasteiger partial charge in [0.15, 0.2) is 0 Å². The Morgan fingerprint density at radius 2 is 1.86 bits per heavy atom. The van der Waals surface area contributed by atoms with E-state index in [0.717, 1.165) is 37.2 Å². The van der Waals surface area contributed by atoms with Gasteiger partial charge in [0, 0.05) is 6.04 Å². The standard InChI is InChI=1S/C18H25N3/c1-4-17-16(13-14(3)20-21-17)18(19-5-2)12-11-15-9-7-6-8-10-15/h6-10,13,18-19H,4-5,11-12H2,1-3H3. The third-order valence-corrected chi connectivity index (χ3v) is 3.75. The molecule has 2 aromatic rings. The number of aryl methyl sites for hydroxylation is 3. The third kappa shape index (κ3) is 4.36. The number of nitrogens with one attached hydrogen (secondary N) is 1. The van der Waals surface area contributed by atoms with Crippen molar-refractivity contribution in [2.75, 3.05) is 6.54 Å². The topological polar surface area (TPSA) is 37.8 Å². The summed E-state index contributed by atoms with van der Waals surface area (Å²) < 4.78 is 0. The van der Waals surface area contributed by atoms with Gasteiger partial charge >= 0.3 is 0 Å². The van der Waals surface area contributed by atoms with E-state index in [9.17, 15) is 0 Å². The average molecular weight is 283 g/mol. The molecule has 1 N–H and O–H groups in total. The Bertz CT molecular complexity index is 552. The van der Waals surface area contributed by atoms with E-state index < -0.39 is 0 Å². The summed E-state index contributed by atoms with van der Waals surface area (Å²) >= 11 is 0. The first-order chi connectivity index (χ1) is 10.2. The van der Waals surface area contributed by atoms with Gasteiger partial charge in [-0.25, -0.2) is 0 Å². The summed E-state index contributed by atoms with van der Waals surface area (Å²) in [5.74, 6) is 0. The molecule has 0 bridgehead atoms. The van der Waals surface area contributed by atoms with E-state index in [1.165, 1.54) is 11.1 Å². The van der Waals surface area contributed by atoms with Crippen LogP contribution in [0.15, 0.2) is 36.4 Å². The second-order valence-electron chi connectivity index (χ2n) is 5.38. The molecule has 0 fully saturated rings. The second-order valence-corrected chi connectivity index (χ2v) is 5.38. The van der Waals surface area contributed by atoms with E-state index >= 15 is 0 Å². The van der Waals surface area contributed by atoms with Gasteiger partial charge in [0.1, 0.15) is 0 Å². The molecule has 0 saturated heterocycles. The zero-order valence-electron chi connectivity index (χ0n) is 13.3. The summed E-state index contributed by atoms with van der Waals surface area (Å²) in [7, 11) is 0. The normalized spacial score (nSPS) is 12.3. The molecule has 1 unspecified atom stereocenters. The van der Waals surface area contributed by atoms with Crippen LogP contribution in [-0.4, -0.2) is 16.7 Å². The van der Waals surface area contributed by atoms with Crippen LogP contribution in [0.4, 0.5) is 0 Å². The summed E-state index contributed by atoms with van der Waals surface area (Å²) in [5.41, 5.74) is 4.80. The Morgan fingerprint density at radius 3 is 2.52 bits per heavy atom. The molecule has 0 saturated carbocycles. The van der Waals surface area contributed by atoms with Crippen molar-refractivity contribution < 1.29 is 0 Å². The first kappa shape index (κ1) is 15.6. The maximum Gasteiger partial charge on any atom is 0.0676 e. The molecule has 112 valence electrons. The number of nitrogens with zero attached hydrogens (tertiary/aromatic N) is 2. The van der Waals surface area contributed by atoms with Crippen LogP contribution in [0, 0.1) is 6.92 Å². The summed E-state index contributed by atoms with van der Waals surface area (Å²) in [5, 5.41) is 12.2. The van der Waals surface area contributed by atoms with Crippen LogP contribution in [0.25, 0.3) is 0 Å². The lowest BCUT2D eigenvalue weighted by Crippen LogP contribution is -2.23. The van der Waals surface area contributed by atoms with Crippen LogP contribution in [0.3, 0.4) is 0 Å². The molecular weight excluding hydrogens is 258 g/mol. The number of benzene rings is 1. The minimum Gasteiger partial charge on any atom is -0.310 e. The van der Waals surface area contributed by atoms with Crippen molar-refractivity contribution in [3.8, 4) is 0 Å². The lowest BCUT2D eigenvalue weighted by atomic mass is 9.96. The molecule has 0 spiro atoms. The molecule has 0 aliphatic carbocycles. The highest BCUT2D eigenvalue weighted by molar-refractivity contribution is 5.25. The van der Waals surface area contributed by atoms with Gasteiger partial charge in [0.05, 0.1) is 11.4 Å². The Balaban J connectivity index is 2.16. The molecule has 21 heavy (non-hydrogen) atoms. The molecule has 1 heterocycles. The fraction of sp³-hybridized carbons (Fsp3) is 0.444. The van der Waals surface area contributed by atoms with Crippen molar-refractivity contribution >= 4 is 0 Å². The summed E-state index contributed by atoms with van der Waals surface area (Å²) in [6, 6.07) is 13.2. The van der Waals surface area contributed by atoms with Gasteiger partial charge in [-0.05, 0) is 49.9 Å². The highest BCUT2D eigenvalue weighted by Crippen LogP contribution is 2.22. The molecule has 0 amide bonds. The van der Waals surface area contributed by atoms with E-state index in [2.05, 4.69) is 65.8 Å². The van der Waals surface area contributed by atoms with Crippen LogP contribution in [0.2, 0.25) is 0 Å². The number of rotatable bonds is 7. The minimum atomic E-state index is 0.347. The van der Waals surface area contributed by atoms with Crippen LogP contribution < -0.4 is 5.32 Å². The van der Waals surface area contributed by atoms with Crippen molar-refractivity contribution in [3.05, 3.63) is 58.9 Å². The monoisotopic (exact) mass is 283 g/mol. The number of aromatic nitrogens is 2. The Kier molecular flexibility index (Phi) is 5.88. The molecule has 2 rings (SSSR count). The number of hydrogen-bond donors (Lipinski definition) is 1. The van der Waals surface area contributed by atoms with Gasteiger partial charge in [-0.2, -0.15) is 10.2 Å². The Morgan fingerprint density at radius 1 is 1.10 bits per heavy atom. The fourth-order valence-corrected chi connectivity index (χ4v) is 2.68. The molecule has 0 radical (unpaired) electrons. The van der Waals surface area contributed by atoms with Crippen LogP contribution in [0.1, 0.15) is 48.8 Å². The Labute approximate surface area is 127 Å². The van der Waals surface area contributed by atoms with E-state index in [4.69, 9.17) is 0 Å². The van der Waals surface area contributed by atoms with Crippen molar-refractivity contribution in [1.82, 2.24) is 15.5 Å². The van der Waals surface area contributed by atoms with Crippen LogP contribution in [0.5, 0.6) is 0 Å². The van der Waals surface area contributed by atoms with Crippen LogP contribution >= 0.6 is 0 Å². The summed E-state index contributed by atoms with van der Waals surface area (Å²) in [6.07, 6.45) is 3.08. The predicted octanol–water partition coefficient (Wildman–Crippen LogP) is 3.63. The zero-order chi connectivity index (χ0) is 15.1. The first-order valence-electron chi connectivity index (χ1n) is 7.85. The predicted molar refractivity (Wildman–Crippen MR) is 87.3 cm³/mol. The van der Waals surface area contributed by atoms with E-state index in [1.54, 1.807) is 0 Å². The average Bonchev–Trinajstić information content (AvgIpc) is 2.52. The second kappa shape index (κ2) is 7.89. The SMILES string of the molecule is CCNC(CCc1ccccc1)c1cc(C)nnc1CC. The van der Waals surface area contributed by atoms with E-state index in [0.29, 0.717) is 6.04 Å². The largest absolute Gasteiger partial charge is 0.310 e. The van der Waals surface area contributed by atoms with Crippen LogP contribution in [-0.2, 0) is 12.8 Å². The third-order valence-electron chi connectivity index (χ3n) is 3.75. The first-order valence-corrected chi connectivity index (χ1v) is 7.85. The molecule has 3 heteroatoms. The fourth-order valence-electron chi connectivity index (χ4n) is 2.68. The van der Waals surface area contributed by atoms with Crippen molar-refractivity contribution in [2.45, 2.75) is 46.1 Å². The van der Waals surface area contributed by atoms with Gasteiger partial charge in [0.2, 0.25) is 0 Å². The summed E-state index contributed by atoms with van der Waals surface area (Å²) in [6.45, 7) is 7.27. The molecule has 1 aromatic carbocycles. The zero-order valence-corrected chi connectivity index (χ0v) is 13.3. The maximum atomic E-state index is 4.36. The van der Waals surface area contributed by atoms with Gasteiger partial charge in [-0.1, -0.05) is 44.2 Å². The highest BCUT2D eigenvalue weighted by atomic mass is 15.1. The minimum absolute atomic E-state index is 0.347. The molecule has 0 aliphatic heterocycles. The quantitative estimate of drug-likeness (QED) is 0.843. The van der Waals surface area contributed by atoms with E-state index in [1.807, 2.05) is 6.92 Å². The molecular formula is C18H25N3.